The Morgan fingerprint density at radius 3 is 2.74 bits per heavy atom. The molecule has 4 rings (SSSR count). The van der Waals surface area contributed by atoms with Crippen molar-refractivity contribution in [1.82, 2.24) is 25.1 Å². The SMILES string of the molecule is Cc1c(-c2ccccc2)n[nH]c1C(=O)N(C)Cc1nc2ccc(Cl)cc2[nH]1. The van der Waals surface area contributed by atoms with Crippen LogP contribution < -0.4 is 0 Å². The highest BCUT2D eigenvalue weighted by Crippen LogP contribution is 2.24. The lowest BCUT2D eigenvalue weighted by molar-refractivity contribution is 0.0775. The number of amides is 1. The number of nitrogens with zero attached hydrogens (tertiary/aromatic N) is 3. The van der Waals surface area contributed by atoms with Crippen molar-refractivity contribution in [2.24, 2.45) is 0 Å². The molecular formula is C20H18ClN5O. The van der Waals surface area contributed by atoms with E-state index in [0.29, 0.717) is 23.1 Å². The molecule has 0 unspecified atom stereocenters. The molecule has 2 aromatic heterocycles. The molecule has 0 saturated heterocycles. The molecule has 0 atom stereocenters. The molecule has 27 heavy (non-hydrogen) atoms. The number of carbonyl (C=O) groups is 1. The number of hydrogen-bond donors (Lipinski definition) is 2. The maximum atomic E-state index is 12.9. The smallest absolute Gasteiger partial charge is 0.272 e. The number of rotatable bonds is 4. The fraction of sp³-hybridized carbons (Fsp3) is 0.150. The molecule has 0 aliphatic carbocycles. The van der Waals surface area contributed by atoms with Crippen LogP contribution in [-0.2, 0) is 6.54 Å². The molecule has 136 valence electrons. The van der Waals surface area contributed by atoms with Gasteiger partial charge in [0.05, 0.1) is 23.3 Å². The molecule has 2 heterocycles. The van der Waals surface area contributed by atoms with Gasteiger partial charge in [-0.1, -0.05) is 41.9 Å². The summed E-state index contributed by atoms with van der Waals surface area (Å²) in [5.41, 5.74) is 4.74. The molecule has 0 bridgehead atoms. The summed E-state index contributed by atoms with van der Waals surface area (Å²) in [5, 5.41) is 7.86. The fourth-order valence-corrected chi connectivity index (χ4v) is 3.25. The van der Waals surface area contributed by atoms with Gasteiger partial charge in [-0.2, -0.15) is 5.10 Å². The summed E-state index contributed by atoms with van der Waals surface area (Å²) in [6.07, 6.45) is 0. The van der Waals surface area contributed by atoms with Gasteiger partial charge in [0.15, 0.2) is 0 Å². The number of nitrogens with one attached hydrogen (secondary N) is 2. The van der Waals surface area contributed by atoms with E-state index in [-0.39, 0.29) is 5.91 Å². The Hall–Kier alpha value is -3.12. The molecule has 2 N–H and O–H groups in total. The topological polar surface area (TPSA) is 77.7 Å². The molecule has 0 saturated carbocycles. The van der Waals surface area contributed by atoms with Gasteiger partial charge in [0.1, 0.15) is 11.5 Å². The van der Waals surface area contributed by atoms with E-state index in [4.69, 9.17) is 11.6 Å². The normalized spacial score (nSPS) is 11.1. The molecule has 0 aliphatic heterocycles. The van der Waals surface area contributed by atoms with E-state index in [0.717, 1.165) is 27.9 Å². The monoisotopic (exact) mass is 379 g/mol. The number of H-pyrrole nitrogens is 2. The van der Waals surface area contributed by atoms with Gasteiger partial charge in [-0.3, -0.25) is 9.89 Å². The second kappa shape index (κ2) is 6.89. The average molecular weight is 380 g/mol. The van der Waals surface area contributed by atoms with Crippen molar-refractivity contribution in [3.63, 3.8) is 0 Å². The number of aromatic nitrogens is 4. The highest BCUT2D eigenvalue weighted by Gasteiger charge is 2.21. The second-order valence-corrected chi connectivity index (χ2v) is 6.88. The highest BCUT2D eigenvalue weighted by molar-refractivity contribution is 6.31. The van der Waals surface area contributed by atoms with Crippen LogP contribution in [-0.4, -0.2) is 38.0 Å². The second-order valence-electron chi connectivity index (χ2n) is 6.44. The maximum absolute atomic E-state index is 12.9. The van der Waals surface area contributed by atoms with Crippen molar-refractivity contribution in [1.29, 1.82) is 0 Å². The predicted molar refractivity (Wildman–Crippen MR) is 106 cm³/mol. The van der Waals surface area contributed by atoms with Crippen molar-refractivity contribution in [2.75, 3.05) is 7.05 Å². The minimum Gasteiger partial charge on any atom is -0.340 e. The summed E-state index contributed by atoms with van der Waals surface area (Å²) in [6, 6.07) is 15.3. The lowest BCUT2D eigenvalue weighted by atomic mass is 10.1. The minimum atomic E-state index is -0.138. The first-order valence-corrected chi connectivity index (χ1v) is 8.90. The van der Waals surface area contributed by atoms with Crippen LogP contribution in [0.3, 0.4) is 0 Å². The molecule has 6 nitrogen and oxygen atoms in total. The van der Waals surface area contributed by atoms with Gasteiger partial charge < -0.3 is 9.88 Å². The quantitative estimate of drug-likeness (QED) is 0.558. The van der Waals surface area contributed by atoms with Gasteiger partial charge >= 0.3 is 0 Å². The summed E-state index contributed by atoms with van der Waals surface area (Å²) >= 11 is 6.01. The van der Waals surface area contributed by atoms with Crippen LogP contribution in [0.15, 0.2) is 48.5 Å². The zero-order valence-electron chi connectivity index (χ0n) is 15.0. The summed E-state index contributed by atoms with van der Waals surface area (Å²) in [4.78, 5) is 22.2. The number of carbonyl (C=O) groups excluding carboxylic acids is 1. The third-order valence-electron chi connectivity index (χ3n) is 4.50. The molecule has 0 aliphatic rings. The molecule has 0 spiro atoms. The molecule has 2 aromatic carbocycles. The minimum absolute atomic E-state index is 0.138. The largest absolute Gasteiger partial charge is 0.340 e. The Bertz CT molecular complexity index is 1120. The van der Waals surface area contributed by atoms with Crippen molar-refractivity contribution >= 4 is 28.5 Å². The van der Waals surface area contributed by atoms with E-state index in [1.165, 1.54) is 0 Å². The number of halogens is 1. The van der Waals surface area contributed by atoms with Crippen LogP contribution in [0.5, 0.6) is 0 Å². The van der Waals surface area contributed by atoms with E-state index < -0.39 is 0 Å². The van der Waals surface area contributed by atoms with Crippen molar-refractivity contribution < 1.29 is 4.79 Å². The molecule has 0 fully saturated rings. The molecular weight excluding hydrogens is 362 g/mol. The molecule has 0 radical (unpaired) electrons. The number of imidazole rings is 1. The lowest BCUT2D eigenvalue weighted by Crippen LogP contribution is -2.27. The first kappa shape index (κ1) is 17.3. The first-order valence-electron chi connectivity index (χ1n) is 8.53. The fourth-order valence-electron chi connectivity index (χ4n) is 3.08. The summed E-state index contributed by atoms with van der Waals surface area (Å²) in [7, 11) is 1.74. The van der Waals surface area contributed by atoms with E-state index in [9.17, 15) is 4.79 Å². The number of fused-ring (bicyclic) bond motifs is 1. The van der Waals surface area contributed by atoms with Gasteiger partial charge in [0, 0.05) is 23.2 Å². The Morgan fingerprint density at radius 2 is 1.96 bits per heavy atom. The Morgan fingerprint density at radius 1 is 1.19 bits per heavy atom. The van der Waals surface area contributed by atoms with Crippen LogP contribution in [0.1, 0.15) is 21.9 Å². The van der Waals surface area contributed by atoms with Crippen LogP contribution in [0.25, 0.3) is 22.3 Å². The van der Waals surface area contributed by atoms with Crippen LogP contribution in [0.4, 0.5) is 0 Å². The standard InChI is InChI=1S/C20H18ClN5O/c1-12-18(13-6-4-3-5-7-13)24-25-19(12)20(27)26(2)11-17-22-15-9-8-14(21)10-16(15)23-17/h3-10H,11H2,1-2H3,(H,22,23)(H,24,25). The van der Waals surface area contributed by atoms with Gasteiger partial charge in [-0.05, 0) is 25.1 Å². The predicted octanol–water partition coefficient (Wildman–Crippen LogP) is 4.19. The summed E-state index contributed by atoms with van der Waals surface area (Å²) in [5.74, 6) is 0.559. The molecule has 1 amide bonds. The van der Waals surface area contributed by atoms with Crippen LogP contribution in [0.2, 0.25) is 5.02 Å². The zero-order chi connectivity index (χ0) is 19.0. The number of benzene rings is 2. The van der Waals surface area contributed by atoms with Gasteiger partial charge in [-0.15, -0.1) is 0 Å². The highest BCUT2D eigenvalue weighted by atomic mass is 35.5. The van der Waals surface area contributed by atoms with E-state index in [1.54, 1.807) is 18.0 Å². The van der Waals surface area contributed by atoms with Gasteiger partial charge in [-0.25, -0.2) is 4.98 Å². The number of aromatic amines is 2. The Balaban J connectivity index is 1.56. The lowest BCUT2D eigenvalue weighted by Gasteiger charge is -2.15. The number of hydrogen-bond acceptors (Lipinski definition) is 3. The first-order chi connectivity index (χ1) is 13.0. The van der Waals surface area contributed by atoms with Crippen LogP contribution in [0, 0.1) is 6.92 Å². The molecule has 4 aromatic rings. The van der Waals surface area contributed by atoms with E-state index in [2.05, 4.69) is 20.2 Å². The average Bonchev–Trinajstić information content (AvgIpc) is 3.24. The van der Waals surface area contributed by atoms with Crippen molar-refractivity contribution in [2.45, 2.75) is 13.5 Å². The Kier molecular flexibility index (Phi) is 4.41. The Labute approximate surface area is 161 Å². The van der Waals surface area contributed by atoms with E-state index in [1.807, 2.05) is 49.4 Å². The maximum Gasteiger partial charge on any atom is 0.272 e. The summed E-state index contributed by atoms with van der Waals surface area (Å²) in [6.45, 7) is 2.25. The zero-order valence-corrected chi connectivity index (χ0v) is 15.7. The van der Waals surface area contributed by atoms with Crippen LogP contribution >= 0.6 is 11.6 Å². The van der Waals surface area contributed by atoms with E-state index >= 15 is 0 Å². The van der Waals surface area contributed by atoms with Gasteiger partial charge in [0.25, 0.3) is 5.91 Å². The third-order valence-corrected chi connectivity index (χ3v) is 4.73. The van der Waals surface area contributed by atoms with Crippen molar-refractivity contribution in [3.05, 3.63) is 70.6 Å². The van der Waals surface area contributed by atoms with Gasteiger partial charge in [0.2, 0.25) is 0 Å². The third kappa shape index (κ3) is 3.31. The summed E-state index contributed by atoms with van der Waals surface area (Å²) < 4.78 is 0. The molecule has 7 heteroatoms. The van der Waals surface area contributed by atoms with Crippen molar-refractivity contribution in [3.8, 4) is 11.3 Å².